The number of nitrogens with one attached hydrogen (secondary N) is 1. The Morgan fingerprint density at radius 2 is 1.65 bits per heavy atom. The van der Waals surface area contributed by atoms with E-state index in [1.54, 1.807) is 0 Å². The lowest BCUT2D eigenvalue weighted by molar-refractivity contribution is 0.581. The van der Waals surface area contributed by atoms with E-state index in [9.17, 15) is 0 Å². The highest BCUT2D eigenvalue weighted by atomic mass is 15.3. The van der Waals surface area contributed by atoms with E-state index in [0.717, 1.165) is 48.7 Å². The van der Waals surface area contributed by atoms with Crippen LogP contribution in [0.4, 0.5) is 5.95 Å². The number of rotatable bonds is 2. The Morgan fingerprint density at radius 3 is 2.48 bits per heavy atom. The second kappa shape index (κ2) is 5.97. The molecule has 1 aromatic heterocycles. The molecule has 1 saturated heterocycles. The number of para-hydroxylation sites is 1. The van der Waals surface area contributed by atoms with Crippen LogP contribution in [-0.4, -0.2) is 36.1 Å². The normalized spacial score (nSPS) is 15.1. The minimum Gasteiger partial charge on any atom is -0.338 e. The predicted molar refractivity (Wildman–Crippen MR) is 94.8 cm³/mol. The lowest BCUT2D eigenvalue weighted by Gasteiger charge is -2.28. The number of aryl methyl sites for hydroxylation is 1. The molecule has 116 valence electrons. The number of nitrogens with zero attached hydrogens (tertiary/aromatic N) is 3. The maximum Gasteiger partial charge on any atom is 0.226 e. The summed E-state index contributed by atoms with van der Waals surface area (Å²) in [5.74, 6) is 0.837. The van der Waals surface area contributed by atoms with Gasteiger partial charge in [-0.2, -0.15) is 0 Å². The van der Waals surface area contributed by atoms with Gasteiger partial charge in [0, 0.05) is 37.1 Å². The van der Waals surface area contributed by atoms with Crippen LogP contribution in [0.3, 0.4) is 0 Å². The number of benzene rings is 2. The fourth-order valence-corrected chi connectivity index (χ4v) is 3.11. The van der Waals surface area contributed by atoms with Gasteiger partial charge >= 0.3 is 0 Å². The van der Waals surface area contributed by atoms with Crippen LogP contribution in [0.5, 0.6) is 0 Å². The van der Waals surface area contributed by atoms with Gasteiger partial charge in [0.05, 0.1) is 11.2 Å². The standard InChI is InChI=1S/C19H20N4/c1-14-6-2-3-7-15(14)18-16-8-4-5-9-17(16)21-19(22-18)23-12-10-20-11-13-23/h2-9,20H,10-13H2,1H3. The molecule has 4 rings (SSSR count). The van der Waals surface area contributed by atoms with Crippen LogP contribution < -0.4 is 10.2 Å². The molecule has 0 atom stereocenters. The van der Waals surface area contributed by atoms with Crippen molar-refractivity contribution in [2.45, 2.75) is 6.92 Å². The first-order valence-electron chi connectivity index (χ1n) is 8.11. The summed E-state index contributed by atoms with van der Waals surface area (Å²) in [4.78, 5) is 12.0. The molecule has 2 aromatic carbocycles. The van der Waals surface area contributed by atoms with Crippen LogP contribution in [0.15, 0.2) is 48.5 Å². The number of anilines is 1. The van der Waals surface area contributed by atoms with Crippen LogP contribution >= 0.6 is 0 Å². The zero-order valence-electron chi connectivity index (χ0n) is 13.3. The molecule has 0 aliphatic carbocycles. The number of hydrogen-bond acceptors (Lipinski definition) is 4. The van der Waals surface area contributed by atoms with Crippen molar-refractivity contribution in [3.05, 3.63) is 54.1 Å². The van der Waals surface area contributed by atoms with Gasteiger partial charge in [-0.1, -0.05) is 42.5 Å². The highest BCUT2D eigenvalue weighted by molar-refractivity contribution is 5.93. The molecule has 4 heteroatoms. The summed E-state index contributed by atoms with van der Waals surface area (Å²) in [5.41, 5.74) is 4.46. The first-order valence-corrected chi connectivity index (χ1v) is 8.11. The van der Waals surface area contributed by atoms with E-state index in [-0.39, 0.29) is 0 Å². The lowest BCUT2D eigenvalue weighted by Crippen LogP contribution is -2.44. The van der Waals surface area contributed by atoms with Crippen molar-refractivity contribution in [2.75, 3.05) is 31.1 Å². The van der Waals surface area contributed by atoms with Crippen molar-refractivity contribution in [3.8, 4) is 11.3 Å². The lowest BCUT2D eigenvalue weighted by atomic mass is 10.0. The highest BCUT2D eigenvalue weighted by Crippen LogP contribution is 2.30. The molecule has 0 saturated carbocycles. The van der Waals surface area contributed by atoms with Crippen molar-refractivity contribution < 1.29 is 0 Å². The minimum absolute atomic E-state index is 0.837. The maximum absolute atomic E-state index is 4.94. The molecular formula is C19H20N4. The number of aromatic nitrogens is 2. The Morgan fingerprint density at radius 1 is 0.913 bits per heavy atom. The van der Waals surface area contributed by atoms with Crippen LogP contribution in [0, 0.1) is 6.92 Å². The van der Waals surface area contributed by atoms with E-state index in [2.05, 4.69) is 59.6 Å². The first-order chi connectivity index (χ1) is 11.3. The van der Waals surface area contributed by atoms with Crippen LogP contribution in [0.2, 0.25) is 0 Å². The van der Waals surface area contributed by atoms with E-state index >= 15 is 0 Å². The van der Waals surface area contributed by atoms with Gasteiger partial charge in [-0.3, -0.25) is 0 Å². The average Bonchev–Trinajstić information content (AvgIpc) is 2.62. The summed E-state index contributed by atoms with van der Waals surface area (Å²) in [6.07, 6.45) is 0. The van der Waals surface area contributed by atoms with Gasteiger partial charge in [0.15, 0.2) is 0 Å². The third-order valence-electron chi connectivity index (χ3n) is 4.39. The monoisotopic (exact) mass is 304 g/mol. The summed E-state index contributed by atoms with van der Waals surface area (Å²) in [6.45, 7) is 6.00. The second-order valence-corrected chi connectivity index (χ2v) is 5.94. The molecule has 1 aliphatic heterocycles. The van der Waals surface area contributed by atoms with Crippen LogP contribution in [-0.2, 0) is 0 Å². The van der Waals surface area contributed by atoms with Gasteiger partial charge in [0.25, 0.3) is 0 Å². The zero-order chi connectivity index (χ0) is 15.6. The Bertz CT molecular complexity index is 838. The average molecular weight is 304 g/mol. The van der Waals surface area contributed by atoms with Crippen molar-refractivity contribution in [3.63, 3.8) is 0 Å². The summed E-state index contributed by atoms with van der Waals surface area (Å²) < 4.78 is 0. The van der Waals surface area contributed by atoms with E-state index in [0.29, 0.717) is 0 Å². The third kappa shape index (κ3) is 2.66. The fourth-order valence-electron chi connectivity index (χ4n) is 3.11. The van der Waals surface area contributed by atoms with Crippen molar-refractivity contribution >= 4 is 16.9 Å². The molecule has 0 unspecified atom stereocenters. The summed E-state index contributed by atoms with van der Waals surface area (Å²) in [6, 6.07) is 16.7. The Kier molecular flexibility index (Phi) is 3.67. The molecule has 2 heterocycles. The Hall–Kier alpha value is -2.46. The predicted octanol–water partition coefficient (Wildman–Crippen LogP) is 3.01. The zero-order valence-corrected chi connectivity index (χ0v) is 13.3. The molecule has 1 fully saturated rings. The van der Waals surface area contributed by atoms with Gasteiger partial charge in [-0.05, 0) is 18.6 Å². The van der Waals surface area contributed by atoms with Crippen LogP contribution in [0.1, 0.15) is 5.56 Å². The summed E-state index contributed by atoms with van der Waals surface area (Å²) in [5, 5.41) is 4.49. The molecule has 1 aliphatic rings. The first kappa shape index (κ1) is 14.2. The molecule has 0 spiro atoms. The highest BCUT2D eigenvalue weighted by Gasteiger charge is 2.17. The van der Waals surface area contributed by atoms with E-state index in [1.807, 2.05) is 6.07 Å². The molecule has 3 aromatic rings. The third-order valence-corrected chi connectivity index (χ3v) is 4.39. The molecule has 0 amide bonds. The Labute approximate surface area is 136 Å². The number of fused-ring (bicyclic) bond motifs is 1. The smallest absolute Gasteiger partial charge is 0.226 e. The van der Waals surface area contributed by atoms with Gasteiger partial charge in [-0.15, -0.1) is 0 Å². The summed E-state index contributed by atoms with van der Waals surface area (Å²) >= 11 is 0. The van der Waals surface area contributed by atoms with E-state index in [1.165, 1.54) is 11.1 Å². The Balaban J connectivity index is 1.92. The molecule has 0 radical (unpaired) electrons. The van der Waals surface area contributed by atoms with Gasteiger partial charge < -0.3 is 10.2 Å². The van der Waals surface area contributed by atoms with Crippen molar-refractivity contribution in [1.29, 1.82) is 0 Å². The van der Waals surface area contributed by atoms with Crippen LogP contribution in [0.25, 0.3) is 22.2 Å². The maximum atomic E-state index is 4.94. The van der Waals surface area contributed by atoms with Gasteiger partial charge in [-0.25, -0.2) is 9.97 Å². The largest absolute Gasteiger partial charge is 0.338 e. The molecule has 1 N–H and O–H groups in total. The van der Waals surface area contributed by atoms with Crippen molar-refractivity contribution in [1.82, 2.24) is 15.3 Å². The number of piperazine rings is 1. The topological polar surface area (TPSA) is 41.1 Å². The van der Waals surface area contributed by atoms with Crippen molar-refractivity contribution in [2.24, 2.45) is 0 Å². The van der Waals surface area contributed by atoms with Gasteiger partial charge in [0.1, 0.15) is 0 Å². The SMILES string of the molecule is Cc1ccccc1-c1nc(N2CCNCC2)nc2ccccc12. The minimum atomic E-state index is 0.837. The molecule has 23 heavy (non-hydrogen) atoms. The number of hydrogen-bond donors (Lipinski definition) is 1. The molecule has 0 bridgehead atoms. The van der Waals surface area contributed by atoms with E-state index in [4.69, 9.17) is 9.97 Å². The quantitative estimate of drug-likeness (QED) is 0.790. The molecular weight excluding hydrogens is 284 g/mol. The summed E-state index contributed by atoms with van der Waals surface area (Å²) in [7, 11) is 0. The van der Waals surface area contributed by atoms with E-state index < -0.39 is 0 Å². The van der Waals surface area contributed by atoms with Gasteiger partial charge in [0.2, 0.25) is 5.95 Å². The fraction of sp³-hybridized carbons (Fsp3) is 0.263. The second-order valence-electron chi connectivity index (χ2n) is 5.94. The molecule has 4 nitrogen and oxygen atoms in total.